The topological polar surface area (TPSA) is 23.6 Å². The maximum absolute atomic E-state index is 12.3. The van der Waals surface area contributed by atoms with Gasteiger partial charge in [-0.05, 0) is 48.5 Å². The maximum Gasteiger partial charge on any atom is 0.321 e. The standard InChI is InChI=1S/C12H24N2O/c1-9-8-13(11(2,3)4)10(15)14(9)12(5,6)7/h9H,8H2,1-7H3/t9-/m0/s1. The van der Waals surface area contributed by atoms with Gasteiger partial charge < -0.3 is 9.80 Å². The first-order valence-electron chi connectivity index (χ1n) is 5.66. The lowest BCUT2D eigenvalue weighted by Gasteiger charge is -2.36. The summed E-state index contributed by atoms with van der Waals surface area (Å²) in [6.45, 7) is 15.5. The van der Waals surface area contributed by atoms with Crippen LogP contribution in [0.2, 0.25) is 0 Å². The van der Waals surface area contributed by atoms with Crippen molar-refractivity contribution in [3.63, 3.8) is 0 Å². The van der Waals surface area contributed by atoms with Crippen LogP contribution in [-0.4, -0.2) is 39.5 Å². The summed E-state index contributed by atoms with van der Waals surface area (Å²) in [7, 11) is 0. The van der Waals surface area contributed by atoms with Crippen LogP contribution in [0.4, 0.5) is 4.79 Å². The highest BCUT2D eigenvalue weighted by atomic mass is 16.2. The monoisotopic (exact) mass is 212 g/mol. The molecule has 3 nitrogen and oxygen atoms in total. The third kappa shape index (κ3) is 2.27. The van der Waals surface area contributed by atoms with Crippen LogP contribution in [0.3, 0.4) is 0 Å². The van der Waals surface area contributed by atoms with E-state index in [1.54, 1.807) is 0 Å². The van der Waals surface area contributed by atoms with Gasteiger partial charge >= 0.3 is 6.03 Å². The Kier molecular flexibility index (Phi) is 2.79. The van der Waals surface area contributed by atoms with Crippen molar-refractivity contribution in [2.24, 2.45) is 0 Å². The molecule has 0 spiro atoms. The number of hydrogen-bond donors (Lipinski definition) is 0. The highest BCUT2D eigenvalue weighted by Gasteiger charge is 2.44. The molecule has 0 aromatic carbocycles. The SMILES string of the molecule is C[C@H]1CN(C(C)(C)C)C(=O)N1C(C)(C)C. The molecule has 0 saturated carbocycles. The van der Waals surface area contributed by atoms with Gasteiger partial charge in [0.05, 0.1) is 0 Å². The predicted molar refractivity (Wildman–Crippen MR) is 62.9 cm³/mol. The number of hydrogen-bond acceptors (Lipinski definition) is 1. The molecule has 1 rings (SSSR count). The molecule has 0 aromatic heterocycles. The van der Waals surface area contributed by atoms with Crippen molar-refractivity contribution in [3.05, 3.63) is 0 Å². The normalized spacial score (nSPS) is 23.9. The van der Waals surface area contributed by atoms with Crippen LogP contribution in [-0.2, 0) is 0 Å². The fourth-order valence-electron chi connectivity index (χ4n) is 2.25. The minimum absolute atomic E-state index is 0.0780. The average Bonchev–Trinajstić information content (AvgIpc) is 2.22. The van der Waals surface area contributed by atoms with Crippen LogP contribution in [0.25, 0.3) is 0 Å². The Morgan fingerprint density at radius 2 is 1.53 bits per heavy atom. The summed E-state index contributed by atoms with van der Waals surface area (Å²) in [6.07, 6.45) is 0. The minimum Gasteiger partial charge on any atom is -0.318 e. The summed E-state index contributed by atoms with van der Waals surface area (Å²) in [6, 6.07) is 0.472. The molecule has 1 fully saturated rings. The summed E-state index contributed by atoms with van der Waals surface area (Å²) in [5.74, 6) is 0. The predicted octanol–water partition coefficient (Wildman–Crippen LogP) is 2.71. The van der Waals surface area contributed by atoms with Crippen LogP contribution < -0.4 is 0 Å². The fraction of sp³-hybridized carbons (Fsp3) is 0.917. The van der Waals surface area contributed by atoms with Crippen molar-refractivity contribution in [2.45, 2.75) is 65.6 Å². The second kappa shape index (κ2) is 3.39. The molecule has 0 radical (unpaired) electrons. The highest BCUT2D eigenvalue weighted by molar-refractivity contribution is 5.78. The van der Waals surface area contributed by atoms with Crippen molar-refractivity contribution in [1.82, 2.24) is 9.80 Å². The lowest BCUT2D eigenvalue weighted by Crippen LogP contribution is -2.49. The molecule has 88 valence electrons. The smallest absolute Gasteiger partial charge is 0.318 e. The molecule has 1 saturated heterocycles. The molecule has 3 heteroatoms. The van der Waals surface area contributed by atoms with Gasteiger partial charge in [-0.3, -0.25) is 0 Å². The number of carbonyl (C=O) groups is 1. The molecular weight excluding hydrogens is 188 g/mol. The second-order valence-electron chi connectivity index (χ2n) is 6.45. The van der Waals surface area contributed by atoms with Crippen molar-refractivity contribution < 1.29 is 4.79 Å². The first-order valence-corrected chi connectivity index (χ1v) is 5.66. The van der Waals surface area contributed by atoms with Gasteiger partial charge in [0.15, 0.2) is 0 Å². The lowest BCUT2D eigenvalue weighted by molar-refractivity contribution is 0.126. The van der Waals surface area contributed by atoms with Gasteiger partial charge in [0.25, 0.3) is 0 Å². The zero-order chi connectivity index (χ0) is 12.0. The van der Waals surface area contributed by atoms with E-state index in [4.69, 9.17) is 0 Å². The van der Waals surface area contributed by atoms with Gasteiger partial charge in [0.2, 0.25) is 0 Å². The van der Waals surface area contributed by atoms with Crippen molar-refractivity contribution in [3.8, 4) is 0 Å². The summed E-state index contributed by atoms with van der Waals surface area (Å²) in [5, 5.41) is 0. The molecule has 1 aliphatic heterocycles. The molecule has 15 heavy (non-hydrogen) atoms. The quantitative estimate of drug-likeness (QED) is 0.605. The van der Waals surface area contributed by atoms with Crippen LogP contribution in [0.15, 0.2) is 0 Å². The van der Waals surface area contributed by atoms with Gasteiger partial charge in [-0.25, -0.2) is 4.79 Å². The third-order valence-electron chi connectivity index (χ3n) is 2.86. The van der Waals surface area contributed by atoms with E-state index in [1.165, 1.54) is 0 Å². The van der Waals surface area contributed by atoms with Gasteiger partial charge in [0.1, 0.15) is 0 Å². The largest absolute Gasteiger partial charge is 0.321 e. The van der Waals surface area contributed by atoms with E-state index in [0.717, 1.165) is 6.54 Å². The van der Waals surface area contributed by atoms with Gasteiger partial charge in [-0.2, -0.15) is 0 Å². The lowest BCUT2D eigenvalue weighted by atomic mass is 10.1. The molecule has 1 heterocycles. The van der Waals surface area contributed by atoms with Crippen molar-refractivity contribution in [1.29, 1.82) is 0 Å². The van der Waals surface area contributed by atoms with E-state index in [1.807, 2.05) is 9.80 Å². The highest BCUT2D eigenvalue weighted by Crippen LogP contribution is 2.29. The molecule has 0 aliphatic carbocycles. The van der Waals surface area contributed by atoms with Gasteiger partial charge in [-0.1, -0.05) is 0 Å². The molecule has 2 amide bonds. The average molecular weight is 212 g/mol. The molecule has 1 aliphatic rings. The number of urea groups is 1. The van der Waals surface area contributed by atoms with Gasteiger partial charge in [-0.15, -0.1) is 0 Å². The summed E-state index contributed by atoms with van der Waals surface area (Å²) >= 11 is 0. The summed E-state index contributed by atoms with van der Waals surface area (Å²) in [5.41, 5.74) is -0.165. The molecule has 0 bridgehead atoms. The second-order valence-corrected chi connectivity index (χ2v) is 6.45. The fourth-order valence-corrected chi connectivity index (χ4v) is 2.25. The van der Waals surface area contributed by atoms with Crippen molar-refractivity contribution in [2.75, 3.05) is 6.54 Å². The maximum atomic E-state index is 12.3. The Hall–Kier alpha value is -0.730. The number of rotatable bonds is 0. The Morgan fingerprint density at radius 3 is 1.73 bits per heavy atom. The Balaban J connectivity index is 2.94. The summed E-state index contributed by atoms with van der Waals surface area (Å²) < 4.78 is 0. The van der Waals surface area contributed by atoms with E-state index in [0.29, 0.717) is 6.04 Å². The number of nitrogens with zero attached hydrogens (tertiary/aromatic N) is 2. The zero-order valence-corrected chi connectivity index (χ0v) is 11.1. The van der Waals surface area contributed by atoms with E-state index < -0.39 is 0 Å². The molecule has 1 atom stereocenters. The zero-order valence-electron chi connectivity index (χ0n) is 11.1. The number of amides is 2. The van der Waals surface area contributed by atoms with Crippen LogP contribution in [0.5, 0.6) is 0 Å². The van der Waals surface area contributed by atoms with Crippen molar-refractivity contribution >= 4 is 6.03 Å². The van der Waals surface area contributed by atoms with Gasteiger partial charge in [0, 0.05) is 23.7 Å². The Morgan fingerprint density at radius 1 is 1.07 bits per heavy atom. The first-order chi connectivity index (χ1) is 6.55. The first kappa shape index (κ1) is 12.3. The molecular formula is C12H24N2O. The summed E-state index contributed by atoms with van der Waals surface area (Å²) in [4.78, 5) is 16.2. The Bertz CT molecular complexity index is 260. The van der Waals surface area contributed by atoms with E-state index in [-0.39, 0.29) is 17.1 Å². The third-order valence-corrected chi connectivity index (χ3v) is 2.86. The molecule has 0 unspecified atom stereocenters. The van der Waals surface area contributed by atoms with E-state index in [9.17, 15) is 4.79 Å². The minimum atomic E-state index is -0.0868. The van der Waals surface area contributed by atoms with Crippen LogP contribution in [0, 0.1) is 0 Å². The number of carbonyl (C=O) groups excluding carboxylic acids is 1. The molecule has 0 N–H and O–H groups in total. The molecule has 0 aromatic rings. The van der Waals surface area contributed by atoms with E-state index in [2.05, 4.69) is 48.5 Å². The van der Waals surface area contributed by atoms with Crippen LogP contribution >= 0.6 is 0 Å². The Labute approximate surface area is 93.4 Å². The van der Waals surface area contributed by atoms with Crippen LogP contribution in [0.1, 0.15) is 48.5 Å². The van der Waals surface area contributed by atoms with E-state index >= 15 is 0 Å².